The van der Waals surface area contributed by atoms with Crippen molar-refractivity contribution in [2.45, 2.75) is 38.7 Å². The lowest BCUT2D eigenvalue weighted by atomic mass is 9.84. The van der Waals surface area contributed by atoms with Crippen LogP contribution in [-0.4, -0.2) is 30.9 Å². The number of carbonyl (C=O) groups excluding carboxylic acids is 3. The van der Waals surface area contributed by atoms with Gasteiger partial charge in [-0.25, -0.2) is 0 Å². The van der Waals surface area contributed by atoms with E-state index in [9.17, 15) is 14.4 Å². The van der Waals surface area contributed by atoms with Crippen molar-refractivity contribution < 1.29 is 23.9 Å². The number of cyclic esters (lactones) is 1. The summed E-state index contributed by atoms with van der Waals surface area (Å²) in [7, 11) is 1.26. The lowest BCUT2D eigenvalue weighted by Crippen LogP contribution is -2.28. The second-order valence-electron chi connectivity index (χ2n) is 4.53. The highest BCUT2D eigenvalue weighted by Crippen LogP contribution is 2.32. The first-order valence-corrected chi connectivity index (χ1v) is 6.18. The quantitative estimate of drug-likeness (QED) is 0.666. The molecule has 1 aliphatic rings. The second-order valence-corrected chi connectivity index (χ2v) is 4.53. The summed E-state index contributed by atoms with van der Waals surface area (Å²) in [5.74, 6) is -2.15. The first-order chi connectivity index (χ1) is 9.01. The van der Waals surface area contributed by atoms with Gasteiger partial charge in [0.2, 0.25) is 0 Å². The summed E-state index contributed by atoms with van der Waals surface area (Å²) in [4.78, 5) is 34.6. The van der Waals surface area contributed by atoms with E-state index in [-0.39, 0.29) is 25.0 Å². The van der Waals surface area contributed by atoms with Gasteiger partial charge in [-0.1, -0.05) is 6.92 Å². The Morgan fingerprint density at radius 1 is 1.42 bits per heavy atom. The fourth-order valence-electron chi connectivity index (χ4n) is 2.22. The van der Waals surface area contributed by atoms with Gasteiger partial charge in [-0.15, -0.1) is 0 Å². The molecular weight excluding hydrogens is 250 g/mol. The van der Waals surface area contributed by atoms with E-state index in [1.54, 1.807) is 6.92 Å². The van der Waals surface area contributed by atoms with Crippen LogP contribution in [0, 0.1) is 23.2 Å². The van der Waals surface area contributed by atoms with Crippen LogP contribution in [0.5, 0.6) is 0 Å². The predicted molar refractivity (Wildman–Crippen MR) is 63.6 cm³/mol. The zero-order valence-electron chi connectivity index (χ0n) is 11.0. The van der Waals surface area contributed by atoms with Crippen molar-refractivity contribution in [2.24, 2.45) is 11.8 Å². The third-order valence-electron chi connectivity index (χ3n) is 3.29. The number of esters is 2. The van der Waals surface area contributed by atoms with Crippen LogP contribution < -0.4 is 0 Å². The number of Topliss-reactive ketones (excluding diaryl/α,β-unsaturated/α-hetero) is 1. The maximum Gasteiger partial charge on any atom is 0.309 e. The van der Waals surface area contributed by atoms with Crippen molar-refractivity contribution >= 4 is 17.7 Å². The average molecular weight is 267 g/mol. The Labute approximate surface area is 111 Å². The molecule has 0 spiro atoms. The van der Waals surface area contributed by atoms with Gasteiger partial charge in [0.15, 0.2) is 0 Å². The molecule has 0 saturated carbocycles. The molecule has 1 rings (SSSR count). The van der Waals surface area contributed by atoms with E-state index >= 15 is 0 Å². The minimum absolute atomic E-state index is 0.00227. The van der Waals surface area contributed by atoms with E-state index in [4.69, 9.17) is 10.00 Å². The summed E-state index contributed by atoms with van der Waals surface area (Å²) in [5, 5.41) is 8.55. The minimum Gasteiger partial charge on any atom is -0.469 e. The number of methoxy groups -OCH3 is 1. The van der Waals surface area contributed by atoms with E-state index in [0.29, 0.717) is 6.42 Å². The van der Waals surface area contributed by atoms with Gasteiger partial charge in [-0.3, -0.25) is 14.4 Å². The van der Waals surface area contributed by atoms with E-state index in [2.05, 4.69) is 4.74 Å². The van der Waals surface area contributed by atoms with Crippen LogP contribution >= 0.6 is 0 Å². The van der Waals surface area contributed by atoms with Crippen LogP contribution in [0.4, 0.5) is 0 Å². The van der Waals surface area contributed by atoms with Crippen molar-refractivity contribution in [3.05, 3.63) is 0 Å². The zero-order chi connectivity index (χ0) is 14.4. The SMILES string of the molecule is COC(=O)CCC(=O)[C@H]1[C@H](C)C(=O)O[C@@H]1CCC#N. The molecule has 6 nitrogen and oxygen atoms in total. The summed E-state index contributed by atoms with van der Waals surface area (Å²) in [6, 6.07) is 1.97. The zero-order valence-corrected chi connectivity index (χ0v) is 11.0. The third-order valence-corrected chi connectivity index (χ3v) is 3.29. The lowest BCUT2D eigenvalue weighted by molar-refractivity contribution is -0.144. The highest BCUT2D eigenvalue weighted by atomic mass is 16.6. The Hall–Kier alpha value is -1.90. The third kappa shape index (κ3) is 3.78. The normalized spacial score (nSPS) is 25.5. The fourth-order valence-corrected chi connectivity index (χ4v) is 2.22. The van der Waals surface area contributed by atoms with Gasteiger partial charge in [0, 0.05) is 12.8 Å². The average Bonchev–Trinajstić information content (AvgIpc) is 2.68. The highest BCUT2D eigenvalue weighted by molar-refractivity contribution is 5.91. The number of nitriles is 1. The van der Waals surface area contributed by atoms with Gasteiger partial charge in [0.1, 0.15) is 11.9 Å². The van der Waals surface area contributed by atoms with E-state index in [1.807, 2.05) is 6.07 Å². The molecule has 104 valence electrons. The molecule has 0 aromatic heterocycles. The van der Waals surface area contributed by atoms with E-state index < -0.39 is 29.9 Å². The monoisotopic (exact) mass is 267 g/mol. The Bertz CT molecular complexity index is 412. The number of hydrogen-bond donors (Lipinski definition) is 0. The molecule has 1 heterocycles. The van der Waals surface area contributed by atoms with Gasteiger partial charge in [0.25, 0.3) is 0 Å². The number of carbonyl (C=O) groups is 3. The summed E-state index contributed by atoms with van der Waals surface area (Å²) in [5.41, 5.74) is 0. The largest absolute Gasteiger partial charge is 0.469 e. The molecule has 0 bridgehead atoms. The number of hydrogen-bond acceptors (Lipinski definition) is 6. The number of rotatable bonds is 6. The molecule has 0 aromatic rings. The molecule has 0 aromatic carbocycles. The second kappa shape index (κ2) is 6.88. The van der Waals surface area contributed by atoms with Crippen LogP contribution in [0.3, 0.4) is 0 Å². The fraction of sp³-hybridized carbons (Fsp3) is 0.692. The Balaban J connectivity index is 2.65. The lowest BCUT2D eigenvalue weighted by Gasteiger charge is -2.17. The molecule has 1 saturated heterocycles. The van der Waals surface area contributed by atoms with Crippen LogP contribution in [0.15, 0.2) is 0 Å². The molecule has 0 aliphatic carbocycles. The van der Waals surface area contributed by atoms with Crippen LogP contribution in [0.25, 0.3) is 0 Å². The van der Waals surface area contributed by atoms with E-state index in [1.165, 1.54) is 7.11 Å². The van der Waals surface area contributed by atoms with Gasteiger partial charge >= 0.3 is 11.9 Å². The molecule has 0 radical (unpaired) electrons. The van der Waals surface area contributed by atoms with Gasteiger partial charge in [-0.05, 0) is 6.42 Å². The number of nitrogens with zero attached hydrogens (tertiary/aromatic N) is 1. The molecule has 1 aliphatic heterocycles. The molecule has 6 heteroatoms. The van der Waals surface area contributed by atoms with Crippen molar-refractivity contribution in [3.8, 4) is 6.07 Å². The minimum atomic E-state index is -0.564. The molecule has 1 fully saturated rings. The molecule has 0 amide bonds. The predicted octanol–water partition coefficient (Wildman–Crippen LogP) is 0.990. The van der Waals surface area contributed by atoms with Gasteiger partial charge in [-0.2, -0.15) is 5.26 Å². The summed E-state index contributed by atoms with van der Waals surface area (Å²) in [6.07, 6.45) is 0.0541. The Morgan fingerprint density at radius 2 is 2.11 bits per heavy atom. The van der Waals surface area contributed by atoms with Gasteiger partial charge in [0.05, 0.1) is 31.4 Å². The van der Waals surface area contributed by atoms with Crippen LogP contribution in [0.2, 0.25) is 0 Å². The maximum atomic E-state index is 12.1. The molecule has 19 heavy (non-hydrogen) atoms. The molecular formula is C13H17NO5. The van der Waals surface area contributed by atoms with Crippen LogP contribution in [-0.2, 0) is 23.9 Å². The Kier molecular flexibility index (Phi) is 5.49. The van der Waals surface area contributed by atoms with Crippen molar-refractivity contribution in [3.63, 3.8) is 0 Å². The number of ether oxygens (including phenoxy) is 2. The molecule has 0 unspecified atom stereocenters. The topological polar surface area (TPSA) is 93.5 Å². The smallest absolute Gasteiger partial charge is 0.309 e. The van der Waals surface area contributed by atoms with Gasteiger partial charge < -0.3 is 9.47 Å². The molecule has 0 N–H and O–H groups in total. The molecule has 3 atom stereocenters. The van der Waals surface area contributed by atoms with E-state index in [0.717, 1.165) is 0 Å². The van der Waals surface area contributed by atoms with Crippen molar-refractivity contribution in [1.29, 1.82) is 5.26 Å². The highest BCUT2D eigenvalue weighted by Gasteiger charge is 2.45. The standard InChI is InChI=1S/C13H17NO5/c1-8-12(9(15)5-6-11(16)18-2)10(4-3-7-14)19-13(8)17/h8,10,12H,3-6H2,1-2H3/t8-,10+,12+/m0/s1. The summed E-state index contributed by atoms with van der Waals surface area (Å²) >= 11 is 0. The summed E-state index contributed by atoms with van der Waals surface area (Å²) in [6.45, 7) is 1.63. The van der Waals surface area contributed by atoms with Crippen molar-refractivity contribution in [1.82, 2.24) is 0 Å². The first-order valence-electron chi connectivity index (χ1n) is 6.18. The Morgan fingerprint density at radius 3 is 2.68 bits per heavy atom. The van der Waals surface area contributed by atoms with Crippen molar-refractivity contribution in [2.75, 3.05) is 7.11 Å². The first kappa shape index (κ1) is 15.2. The van der Waals surface area contributed by atoms with Crippen LogP contribution in [0.1, 0.15) is 32.6 Å². The number of ketones is 1. The maximum absolute atomic E-state index is 12.1. The summed E-state index contributed by atoms with van der Waals surface area (Å²) < 4.78 is 9.59.